The van der Waals surface area contributed by atoms with Crippen molar-refractivity contribution in [3.05, 3.63) is 29.8 Å². The van der Waals surface area contributed by atoms with E-state index in [-0.39, 0.29) is 11.2 Å². The summed E-state index contributed by atoms with van der Waals surface area (Å²) >= 11 is 0. The molecular formula is C14H15NO. The summed E-state index contributed by atoms with van der Waals surface area (Å²) in [5.74, 6) is 5.86. The molecule has 2 rings (SSSR count). The van der Waals surface area contributed by atoms with E-state index in [0.717, 1.165) is 24.1 Å². The zero-order valence-electron chi connectivity index (χ0n) is 9.42. The molecule has 0 aliphatic heterocycles. The van der Waals surface area contributed by atoms with Crippen LogP contribution in [0.5, 0.6) is 0 Å². The first kappa shape index (κ1) is 10.8. The molecule has 1 aromatic rings. The molecule has 0 amide bonds. The fraction of sp³-hybridized carbons (Fsp3) is 0.357. The van der Waals surface area contributed by atoms with Gasteiger partial charge in [-0.2, -0.15) is 0 Å². The van der Waals surface area contributed by atoms with Gasteiger partial charge in [-0.3, -0.25) is 4.79 Å². The number of rotatable bonds is 3. The van der Waals surface area contributed by atoms with Crippen LogP contribution >= 0.6 is 0 Å². The number of nitrogens with two attached hydrogens (primary N) is 1. The van der Waals surface area contributed by atoms with Crippen molar-refractivity contribution in [2.75, 3.05) is 5.73 Å². The highest BCUT2D eigenvalue weighted by atomic mass is 16.1. The highest BCUT2D eigenvalue weighted by Crippen LogP contribution is 2.49. The summed E-state index contributed by atoms with van der Waals surface area (Å²) in [6.07, 6.45) is 2.25. The topological polar surface area (TPSA) is 43.1 Å². The van der Waals surface area contributed by atoms with Crippen LogP contribution in [0, 0.1) is 11.8 Å². The molecule has 1 saturated carbocycles. The number of nitrogen functional groups attached to an aromatic ring is 1. The van der Waals surface area contributed by atoms with Gasteiger partial charge >= 0.3 is 0 Å². The van der Waals surface area contributed by atoms with Crippen molar-refractivity contribution >= 4 is 11.5 Å². The van der Waals surface area contributed by atoms with Crippen LogP contribution in [0.4, 0.5) is 5.69 Å². The Morgan fingerprint density at radius 3 is 2.50 bits per heavy atom. The van der Waals surface area contributed by atoms with Gasteiger partial charge in [0.1, 0.15) is 0 Å². The Hall–Kier alpha value is -1.75. The Balaban J connectivity index is 2.21. The van der Waals surface area contributed by atoms with Gasteiger partial charge in [0.05, 0.1) is 11.8 Å². The van der Waals surface area contributed by atoms with Crippen LogP contribution in [0.3, 0.4) is 0 Å². The van der Waals surface area contributed by atoms with Gasteiger partial charge in [-0.05, 0) is 37.5 Å². The van der Waals surface area contributed by atoms with Crippen molar-refractivity contribution in [2.24, 2.45) is 0 Å². The fourth-order valence-electron chi connectivity index (χ4n) is 1.99. The van der Waals surface area contributed by atoms with Crippen molar-refractivity contribution in [3.8, 4) is 11.8 Å². The average molecular weight is 213 g/mol. The third-order valence-corrected chi connectivity index (χ3v) is 3.17. The molecule has 1 aromatic carbocycles. The van der Waals surface area contributed by atoms with Crippen molar-refractivity contribution in [1.29, 1.82) is 0 Å². The van der Waals surface area contributed by atoms with Gasteiger partial charge in [0.15, 0.2) is 5.78 Å². The molecule has 0 spiro atoms. The van der Waals surface area contributed by atoms with Crippen LogP contribution in [-0.4, -0.2) is 5.78 Å². The molecule has 0 aromatic heterocycles. The summed E-state index contributed by atoms with van der Waals surface area (Å²) < 4.78 is 0. The Labute approximate surface area is 95.8 Å². The lowest BCUT2D eigenvalue weighted by Crippen LogP contribution is -2.19. The molecule has 82 valence electrons. The summed E-state index contributed by atoms with van der Waals surface area (Å²) in [5, 5.41) is 0. The molecule has 2 nitrogen and oxygen atoms in total. The van der Waals surface area contributed by atoms with E-state index in [4.69, 9.17) is 5.73 Å². The second-order valence-electron chi connectivity index (χ2n) is 4.23. The second kappa shape index (κ2) is 4.02. The predicted molar refractivity (Wildman–Crippen MR) is 64.8 cm³/mol. The molecule has 1 aliphatic rings. The minimum Gasteiger partial charge on any atom is -0.399 e. The van der Waals surface area contributed by atoms with E-state index in [1.807, 2.05) is 24.3 Å². The zero-order chi connectivity index (χ0) is 11.6. The Kier molecular flexibility index (Phi) is 2.70. The van der Waals surface area contributed by atoms with Crippen LogP contribution < -0.4 is 5.73 Å². The molecule has 0 heterocycles. The SMILES string of the molecule is CC#CCC(=O)C1(c2ccc(N)cc2)CC1. The lowest BCUT2D eigenvalue weighted by atomic mass is 9.89. The number of benzene rings is 1. The van der Waals surface area contributed by atoms with Crippen molar-refractivity contribution in [3.63, 3.8) is 0 Å². The second-order valence-corrected chi connectivity index (χ2v) is 4.23. The minimum atomic E-state index is -0.252. The monoisotopic (exact) mass is 213 g/mol. The number of carbonyl (C=O) groups is 1. The normalized spacial score (nSPS) is 16.1. The van der Waals surface area contributed by atoms with Gasteiger partial charge < -0.3 is 5.73 Å². The summed E-state index contributed by atoms with van der Waals surface area (Å²) in [4.78, 5) is 12.0. The number of anilines is 1. The molecule has 0 unspecified atom stereocenters. The molecule has 0 radical (unpaired) electrons. The summed E-state index contributed by atoms with van der Waals surface area (Å²) in [7, 11) is 0. The molecule has 16 heavy (non-hydrogen) atoms. The van der Waals surface area contributed by atoms with Gasteiger partial charge in [0.2, 0.25) is 0 Å². The third kappa shape index (κ3) is 1.81. The number of hydrogen-bond donors (Lipinski definition) is 1. The van der Waals surface area contributed by atoms with Crippen molar-refractivity contribution in [1.82, 2.24) is 0 Å². The Morgan fingerprint density at radius 2 is 2.00 bits per heavy atom. The Morgan fingerprint density at radius 1 is 1.38 bits per heavy atom. The van der Waals surface area contributed by atoms with E-state index in [1.54, 1.807) is 6.92 Å². The Bertz CT molecular complexity index is 458. The third-order valence-electron chi connectivity index (χ3n) is 3.17. The average Bonchev–Trinajstić information content (AvgIpc) is 3.08. The van der Waals surface area contributed by atoms with Crippen molar-refractivity contribution in [2.45, 2.75) is 31.6 Å². The predicted octanol–water partition coefficient (Wildman–Crippen LogP) is 2.28. The molecule has 0 bridgehead atoms. The standard InChI is InChI=1S/C14H15NO/c1-2-3-4-13(16)14(9-10-14)11-5-7-12(15)8-6-11/h5-8H,4,9-10,15H2,1H3. The molecule has 2 heteroatoms. The smallest absolute Gasteiger partial charge is 0.155 e. The van der Waals surface area contributed by atoms with Crippen LogP contribution in [-0.2, 0) is 10.2 Å². The maximum atomic E-state index is 12.0. The van der Waals surface area contributed by atoms with Gasteiger partial charge in [0.25, 0.3) is 0 Å². The fourth-order valence-corrected chi connectivity index (χ4v) is 1.99. The molecule has 1 fully saturated rings. The molecule has 1 aliphatic carbocycles. The molecular weight excluding hydrogens is 198 g/mol. The highest BCUT2D eigenvalue weighted by molar-refractivity contribution is 5.94. The van der Waals surface area contributed by atoms with Gasteiger partial charge in [-0.25, -0.2) is 0 Å². The summed E-state index contributed by atoms with van der Waals surface area (Å²) in [6.45, 7) is 1.76. The van der Waals surface area contributed by atoms with E-state index in [9.17, 15) is 4.79 Å². The van der Waals surface area contributed by atoms with Crippen LogP contribution in [0.15, 0.2) is 24.3 Å². The van der Waals surface area contributed by atoms with Crippen molar-refractivity contribution < 1.29 is 4.79 Å². The van der Waals surface area contributed by atoms with E-state index < -0.39 is 0 Å². The van der Waals surface area contributed by atoms with Crippen LogP contribution in [0.1, 0.15) is 31.7 Å². The van der Waals surface area contributed by atoms with Crippen LogP contribution in [0.25, 0.3) is 0 Å². The first-order valence-electron chi connectivity index (χ1n) is 5.48. The summed E-state index contributed by atoms with van der Waals surface area (Å²) in [5.41, 5.74) is 7.21. The highest BCUT2D eigenvalue weighted by Gasteiger charge is 2.50. The minimum absolute atomic E-state index is 0.242. The molecule has 0 saturated heterocycles. The number of ketones is 1. The van der Waals surface area contributed by atoms with Crippen LogP contribution in [0.2, 0.25) is 0 Å². The first-order valence-corrected chi connectivity index (χ1v) is 5.48. The molecule has 2 N–H and O–H groups in total. The van der Waals surface area contributed by atoms with E-state index in [0.29, 0.717) is 6.42 Å². The maximum absolute atomic E-state index is 12.0. The lowest BCUT2D eigenvalue weighted by Gasteiger charge is -2.12. The first-order chi connectivity index (χ1) is 7.69. The van der Waals surface area contributed by atoms with E-state index in [2.05, 4.69) is 11.8 Å². The quantitative estimate of drug-likeness (QED) is 0.618. The van der Waals surface area contributed by atoms with Gasteiger partial charge in [-0.15, -0.1) is 5.92 Å². The number of Topliss-reactive ketones (excluding diaryl/α,β-unsaturated/α-hetero) is 1. The number of hydrogen-bond acceptors (Lipinski definition) is 2. The molecule has 0 atom stereocenters. The van der Waals surface area contributed by atoms with Gasteiger partial charge in [0, 0.05) is 5.69 Å². The largest absolute Gasteiger partial charge is 0.399 e. The van der Waals surface area contributed by atoms with E-state index in [1.165, 1.54) is 0 Å². The van der Waals surface area contributed by atoms with Gasteiger partial charge in [-0.1, -0.05) is 18.1 Å². The lowest BCUT2D eigenvalue weighted by molar-refractivity contribution is -0.120. The number of carbonyl (C=O) groups excluding carboxylic acids is 1. The maximum Gasteiger partial charge on any atom is 0.155 e. The van der Waals surface area contributed by atoms with E-state index >= 15 is 0 Å². The zero-order valence-corrected chi connectivity index (χ0v) is 9.42. The summed E-state index contributed by atoms with van der Waals surface area (Å²) in [6, 6.07) is 7.63.